The second kappa shape index (κ2) is 9.21. The van der Waals surface area contributed by atoms with E-state index in [4.69, 9.17) is 9.47 Å². The number of halogens is 3. The fourth-order valence-corrected chi connectivity index (χ4v) is 3.43. The van der Waals surface area contributed by atoms with Crippen LogP contribution in [-0.4, -0.2) is 38.3 Å². The highest BCUT2D eigenvalue weighted by molar-refractivity contribution is 5.87. The summed E-state index contributed by atoms with van der Waals surface area (Å²) < 4.78 is 50.1. The number of carbonyl (C=O) groups is 1. The van der Waals surface area contributed by atoms with Crippen LogP contribution in [0.1, 0.15) is 29.0 Å². The van der Waals surface area contributed by atoms with Gasteiger partial charge >= 0.3 is 6.18 Å². The van der Waals surface area contributed by atoms with Gasteiger partial charge in [-0.15, -0.1) is 0 Å². The Morgan fingerprint density at radius 1 is 1.17 bits per heavy atom. The van der Waals surface area contributed by atoms with Crippen LogP contribution >= 0.6 is 0 Å². The van der Waals surface area contributed by atoms with Gasteiger partial charge in [-0.05, 0) is 35.4 Å². The molecule has 0 saturated heterocycles. The van der Waals surface area contributed by atoms with E-state index in [2.05, 4.69) is 10.3 Å². The number of carbonyl (C=O) groups excluding carboxylic acids is 1. The Bertz CT molecular complexity index is 1010. The Morgan fingerprint density at radius 2 is 1.97 bits per heavy atom. The second-order valence-electron chi connectivity index (χ2n) is 6.88. The summed E-state index contributed by atoms with van der Waals surface area (Å²) in [6.45, 7) is 0.677. The third-order valence-corrected chi connectivity index (χ3v) is 4.93. The van der Waals surface area contributed by atoms with Gasteiger partial charge in [0.1, 0.15) is 5.75 Å². The Morgan fingerprint density at radius 3 is 2.67 bits per heavy atom. The predicted octanol–water partition coefficient (Wildman–Crippen LogP) is 4.48. The zero-order valence-corrected chi connectivity index (χ0v) is 16.7. The number of fused-ring (bicyclic) bond motifs is 1. The molecular formula is C22H23F3N2O3. The Balaban J connectivity index is 2.03. The van der Waals surface area contributed by atoms with Crippen LogP contribution in [0.4, 0.5) is 13.2 Å². The summed E-state index contributed by atoms with van der Waals surface area (Å²) in [6.07, 6.45) is -2.74. The standard InChI is InChI=1S/C22H23F3N2O3/c1-29-9-8-26-21(28)12-17(14-4-3-5-15(10-14)22(23,24)25)19-13-27-20-7-6-16(30-2)11-18(19)20/h3-7,10-11,13,17,27H,8-9,12H2,1-2H3,(H,26,28)/t17-/m0/s1. The van der Waals surface area contributed by atoms with Gasteiger partial charge in [0.2, 0.25) is 5.91 Å². The van der Waals surface area contributed by atoms with E-state index in [0.717, 1.165) is 28.6 Å². The lowest BCUT2D eigenvalue weighted by atomic mass is 9.87. The largest absolute Gasteiger partial charge is 0.497 e. The predicted molar refractivity (Wildman–Crippen MR) is 108 cm³/mol. The zero-order valence-electron chi connectivity index (χ0n) is 16.7. The lowest BCUT2D eigenvalue weighted by molar-refractivity contribution is -0.137. The van der Waals surface area contributed by atoms with Gasteiger partial charge in [-0.2, -0.15) is 13.2 Å². The molecule has 0 radical (unpaired) electrons. The van der Waals surface area contributed by atoms with Crippen LogP contribution < -0.4 is 10.1 Å². The van der Waals surface area contributed by atoms with Gasteiger partial charge in [0, 0.05) is 43.1 Å². The van der Waals surface area contributed by atoms with Crippen molar-refractivity contribution < 1.29 is 27.4 Å². The number of amides is 1. The molecule has 3 rings (SSSR count). The van der Waals surface area contributed by atoms with Crippen LogP contribution in [0.5, 0.6) is 5.75 Å². The van der Waals surface area contributed by atoms with Crippen molar-refractivity contribution in [1.29, 1.82) is 0 Å². The van der Waals surface area contributed by atoms with Crippen molar-refractivity contribution in [2.75, 3.05) is 27.4 Å². The highest BCUT2D eigenvalue weighted by Crippen LogP contribution is 2.37. The highest BCUT2D eigenvalue weighted by Gasteiger charge is 2.31. The molecule has 0 aliphatic heterocycles. The number of alkyl halides is 3. The first-order valence-electron chi connectivity index (χ1n) is 9.41. The van der Waals surface area contributed by atoms with E-state index in [0.29, 0.717) is 24.5 Å². The normalized spacial score (nSPS) is 12.7. The van der Waals surface area contributed by atoms with Gasteiger partial charge in [-0.25, -0.2) is 0 Å². The minimum absolute atomic E-state index is 0.00477. The Hall–Kier alpha value is -3.00. The highest BCUT2D eigenvalue weighted by atomic mass is 19.4. The van der Waals surface area contributed by atoms with Crippen molar-refractivity contribution in [3.63, 3.8) is 0 Å². The van der Waals surface area contributed by atoms with E-state index in [1.54, 1.807) is 25.4 Å². The molecule has 0 bridgehead atoms. The first-order chi connectivity index (χ1) is 14.3. The van der Waals surface area contributed by atoms with Crippen molar-refractivity contribution in [2.45, 2.75) is 18.5 Å². The van der Waals surface area contributed by atoms with Crippen LogP contribution in [0.25, 0.3) is 10.9 Å². The lowest BCUT2D eigenvalue weighted by Crippen LogP contribution is -2.28. The van der Waals surface area contributed by atoms with Crippen LogP contribution in [0, 0.1) is 0 Å². The van der Waals surface area contributed by atoms with E-state index in [9.17, 15) is 18.0 Å². The number of rotatable bonds is 8. The van der Waals surface area contributed by atoms with Crippen molar-refractivity contribution in [2.24, 2.45) is 0 Å². The van der Waals surface area contributed by atoms with E-state index >= 15 is 0 Å². The van der Waals surface area contributed by atoms with Crippen molar-refractivity contribution >= 4 is 16.8 Å². The van der Waals surface area contributed by atoms with Gasteiger partial charge in [0.15, 0.2) is 0 Å². The first-order valence-corrected chi connectivity index (χ1v) is 9.41. The third-order valence-electron chi connectivity index (χ3n) is 4.93. The number of hydrogen-bond donors (Lipinski definition) is 2. The van der Waals surface area contributed by atoms with Gasteiger partial charge < -0.3 is 19.8 Å². The summed E-state index contributed by atoms with van der Waals surface area (Å²) in [6, 6.07) is 10.5. The molecule has 0 unspecified atom stereocenters. The second-order valence-corrected chi connectivity index (χ2v) is 6.88. The van der Waals surface area contributed by atoms with Gasteiger partial charge in [0.25, 0.3) is 0 Å². The molecule has 0 fully saturated rings. The van der Waals surface area contributed by atoms with Crippen LogP contribution in [0.2, 0.25) is 0 Å². The molecule has 3 aromatic rings. The maximum Gasteiger partial charge on any atom is 0.416 e. The molecule has 160 valence electrons. The third kappa shape index (κ3) is 4.94. The van der Waals surface area contributed by atoms with E-state index in [1.807, 2.05) is 12.1 Å². The van der Waals surface area contributed by atoms with E-state index < -0.39 is 17.7 Å². The number of nitrogens with one attached hydrogen (secondary N) is 2. The summed E-state index contributed by atoms with van der Waals surface area (Å²) in [5, 5.41) is 3.53. The average molecular weight is 420 g/mol. The fourth-order valence-electron chi connectivity index (χ4n) is 3.43. The van der Waals surface area contributed by atoms with Crippen LogP contribution in [0.3, 0.4) is 0 Å². The first kappa shape index (κ1) is 21.7. The summed E-state index contributed by atoms with van der Waals surface area (Å²) in [5.74, 6) is -0.224. The maximum atomic E-state index is 13.3. The van der Waals surface area contributed by atoms with Crippen molar-refractivity contribution in [3.8, 4) is 5.75 Å². The molecule has 0 saturated carbocycles. The molecule has 1 atom stereocenters. The van der Waals surface area contributed by atoms with Crippen LogP contribution in [-0.2, 0) is 15.7 Å². The van der Waals surface area contributed by atoms with Gasteiger partial charge in [-0.3, -0.25) is 4.79 Å². The monoisotopic (exact) mass is 420 g/mol. The summed E-state index contributed by atoms with van der Waals surface area (Å²) in [7, 11) is 3.07. The Kier molecular flexibility index (Phi) is 6.66. The molecule has 1 heterocycles. The van der Waals surface area contributed by atoms with Crippen molar-refractivity contribution in [3.05, 3.63) is 65.4 Å². The SMILES string of the molecule is COCCNC(=O)C[C@@H](c1cccc(C(F)(F)F)c1)c1c[nH]c2ccc(OC)cc12. The van der Waals surface area contributed by atoms with E-state index in [1.165, 1.54) is 13.2 Å². The lowest BCUT2D eigenvalue weighted by Gasteiger charge is -2.19. The smallest absolute Gasteiger partial charge is 0.416 e. The molecule has 0 aliphatic carbocycles. The molecule has 2 aromatic carbocycles. The number of H-pyrrole nitrogens is 1. The van der Waals surface area contributed by atoms with Crippen molar-refractivity contribution in [1.82, 2.24) is 10.3 Å². The molecule has 30 heavy (non-hydrogen) atoms. The molecule has 5 nitrogen and oxygen atoms in total. The maximum absolute atomic E-state index is 13.3. The minimum atomic E-state index is -4.47. The average Bonchev–Trinajstić information content (AvgIpc) is 3.14. The van der Waals surface area contributed by atoms with Crippen LogP contribution in [0.15, 0.2) is 48.7 Å². The number of ether oxygens (including phenoxy) is 2. The molecule has 8 heteroatoms. The molecule has 1 aromatic heterocycles. The summed E-state index contributed by atoms with van der Waals surface area (Å²) in [5.41, 5.74) is 1.20. The molecule has 0 aliphatic rings. The van der Waals surface area contributed by atoms with Gasteiger partial charge in [-0.1, -0.05) is 18.2 Å². The topological polar surface area (TPSA) is 63.3 Å². The number of aromatic amines is 1. The quantitative estimate of drug-likeness (QED) is 0.528. The fraction of sp³-hybridized carbons (Fsp3) is 0.318. The summed E-state index contributed by atoms with van der Waals surface area (Å²) in [4.78, 5) is 15.6. The molecule has 2 N–H and O–H groups in total. The van der Waals surface area contributed by atoms with Gasteiger partial charge in [0.05, 0.1) is 19.3 Å². The molecular weight excluding hydrogens is 397 g/mol. The Labute approximate surface area is 172 Å². The zero-order chi connectivity index (χ0) is 21.7. The number of benzene rings is 2. The summed E-state index contributed by atoms with van der Waals surface area (Å²) >= 11 is 0. The minimum Gasteiger partial charge on any atom is -0.497 e. The molecule has 1 amide bonds. The number of aromatic nitrogens is 1. The molecule has 0 spiro atoms. The van der Waals surface area contributed by atoms with E-state index in [-0.39, 0.29) is 12.3 Å². The number of hydrogen-bond acceptors (Lipinski definition) is 3. The number of methoxy groups -OCH3 is 2.